The second kappa shape index (κ2) is 2.99. The Kier molecular flexibility index (Phi) is 1.95. The molecule has 1 aliphatic rings. The first-order valence-corrected chi connectivity index (χ1v) is 5.10. The van der Waals surface area contributed by atoms with E-state index in [4.69, 9.17) is 0 Å². The fourth-order valence-corrected chi connectivity index (χ4v) is 1.66. The first kappa shape index (κ1) is 8.50. The average Bonchev–Trinajstić information content (AvgIpc) is 2.42. The van der Waals surface area contributed by atoms with Crippen LogP contribution in [-0.2, 0) is 6.54 Å². The maximum Gasteiger partial charge on any atom is 0.257 e. The Morgan fingerprint density at radius 3 is 3.08 bits per heavy atom. The number of aromatic nitrogens is 2. The number of hydrogen-bond donors (Lipinski definition) is 0. The van der Waals surface area contributed by atoms with E-state index < -0.39 is 0 Å². The van der Waals surface area contributed by atoms with Crippen molar-refractivity contribution in [3.8, 4) is 0 Å². The summed E-state index contributed by atoms with van der Waals surface area (Å²) in [5.41, 5.74) is 1.48. The summed E-state index contributed by atoms with van der Waals surface area (Å²) in [4.78, 5) is 21.4. The summed E-state index contributed by atoms with van der Waals surface area (Å²) in [5.74, 6) is 0.0163. The van der Waals surface area contributed by atoms with E-state index in [1.165, 1.54) is 11.8 Å². The molecule has 0 bridgehead atoms. The molecule has 0 spiro atoms. The Hall–Kier alpha value is -1.10. The standard InChI is InChI=1S/C8H9N3OS/c1-11-4-6-5(7(11)12)3-9-8(10-6)13-2/h3H,4H2,1-2H3. The van der Waals surface area contributed by atoms with E-state index in [1.807, 2.05) is 6.26 Å². The lowest BCUT2D eigenvalue weighted by Crippen LogP contribution is -2.17. The van der Waals surface area contributed by atoms with E-state index in [9.17, 15) is 4.79 Å². The number of fused-ring (bicyclic) bond motifs is 1. The number of rotatable bonds is 1. The molecular formula is C8H9N3OS. The minimum absolute atomic E-state index is 0.0163. The van der Waals surface area contributed by atoms with Crippen molar-refractivity contribution in [2.24, 2.45) is 0 Å². The van der Waals surface area contributed by atoms with Gasteiger partial charge in [0.15, 0.2) is 5.16 Å². The summed E-state index contributed by atoms with van der Waals surface area (Å²) in [5, 5.41) is 0.724. The Morgan fingerprint density at radius 2 is 2.38 bits per heavy atom. The van der Waals surface area contributed by atoms with Crippen LogP contribution in [0.3, 0.4) is 0 Å². The Balaban J connectivity index is 2.46. The fourth-order valence-electron chi connectivity index (χ4n) is 1.30. The maximum atomic E-state index is 11.4. The van der Waals surface area contributed by atoms with E-state index in [0.717, 1.165) is 10.9 Å². The van der Waals surface area contributed by atoms with Crippen molar-refractivity contribution >= 4 is 17.7 Å². The molecule has 0 aromatic carbocycles. The van der Waals surface area contributed by atoms with Gasteiger partial charge in [-0.15, -0.1) is 0 Å². The van der Waals surface area contributed by atoms with Crippen molar-refractivity contribution in [2.75, 3.05) is 13.3 Å². The molecule has 0 atom stereocenters. The number of nitrogens with zero attached hydrogens (tertiary/aromatic N) is 3. The molecule has 2 rings (SSSR count). The zero-order valence-electron chi connectivity index (χ0n) is 7.44. The Morgan fingerprint density at radius 1 is 1.62 bits per heavy atom. The molecule has 0 unspecified atom stereocenters. The molecule has 0 N–H and O–H groups in total. The maximum absolute atomic E-state index is 11.4. The first-order valence-electron chi connectivity index (χ1n) is 3.87. The molecule has 4 nitrogen and oxygen atoms in total. The van der Waals surface area contributed by atoms with E-state index in [2.05, 4.69) is 9.97 Å². The lowest BCUT2D eigenvalue weighted by molar-refractivity contribution is 0.0816. The summed E-state index contributed by atoms with van der Waals surface area (Å²) in [6.45, 7) is 0.601. The summed E-state index contributed by atoms with van der Waals surface area (Å²) >= 11 is 1.49. The fraction of sp³-hybridized carbons (Fsp3) is 0.375. The molecule has 1 aromatic heterocycles. The summed E-state index contributed by atoms with van der Waals surface area (Å²) < 4.78 is 0. The normalized spacial score (nSPS) is 14.9. The molecule has 0 fully saturated rings. The van der Waals surface area contributed by atoms with Gasteiger partial charge in [-0.1, -0.05) is 11.8 Å². The zero-order chi connectivity index (χ0) is 9.42. The number of carbonyl (C=O) groups is 1. The third-order valence-electron chi connectivity index (χ3n) is 1.99. The van der Waals surface area contributed by atoms with Crippen LogP contribution in [0, 0.1) is 0 Å². The van der Waals surface area contributed by atoms with Crippen LogP contribution in [0.5, 0.6) is 0 Å². The van der Waals surface area contributed by atoms with Crippen molar-refractivity contribution < 1.29 is 4.79 Å². The van der Waals surface area contributed by atoms with Crippen LogP contribution in [0.25, 0.3) is 0 Å². The van der Waals surface area contributed by atoms with Gasteiger partial charge in [0.2, 0.25) is 0 Å². The second-order valence-corrected chi connectivity index (χ2v) is 3.65. The van der Waals surface area contributed by atoms with Crippen LogP contribution in [0.2, 0.25) is 0 Å². The van der Waals surface area contributed by atoms with Crippen molar-refractivity contribution in [2.45, 2.75) is 11.7 Å². The van der Waals surface area contributed by atoms with Gasteiger partial charge in [-0.2, -0.15) is 0 Å². The number of thioether (sulfide) groups is 1. The van der Waals surface area contributed by atoms with Gasteiger partial charge in [0.05, 0.1) is 17.8 Å². The predicted molar refractivity (Wildman–Crippen MR) is 49.6 cm³/mol. The third kappa shape index (κ3) is 1.29. The minimum Gasteiger partial charge on any atom is -0.336 e. The van der Waals surface area contributed by atoms with Gasteiger partial charge >= 0.3 is 0 Å². The highest BCUT2D eigenvalue weighted by Crippen LogP contribution is 2.20. The van der Waals surface area contributed by atoms with Gasteiger partial charge in [-0.25, -0.2) is 9.97 Å². The summed E-state index contributed by atoms with van der Waals surface area (Å²) in [6.07, 6.45) is 3.53. The van der Waals surface area contributed by atoms with Crippen molar-refractivity contribution in [1.82, 2.24) is 14.9 Å². The van der Waals surface area contributed by atoms with Crippen molar-refractivity contribution in [3.05, 3.63) is 17.5 Å². The molecule has 5 heteroatoms. The molecular weight excluding hydrogens is 186 g/mol. The minimum atomic E-state index is 0.0163. The number of amides is 1. The van der Waals surface area contributed by atoms with Crippen LogP contribution >= 0.6 is 11.8 Å². The highest BCUT2D eigenvalue weighted by molar-refractivity contribution is 7.98. The van der Waals surface area contributed by atoms with Gasteiger partial charge in [-0.05, 0) is 6.26 Å². The van der Waals surface area contributed by atoms with Crippen molar-refractivity contribution in [1.29, 1.82) is 0 Å². The van der Waals surface area contributed by atoms with Crippen molar-refractivity contribution in [3.63, 3.8) is 0 Å². The third-order valence-corrected chi connectivity index (χ3v) is 2.55. The van der Waals surface area contributed by atoms with E-state index in [1.54, 1.807) is 18.1 Å². The molecule has 0 aliphatic carbocycles. The van der Waals surface area contributed by atoms with Gasteiger partial charge in [0.25, 0.3) is 5.91 Å². The second-order valence-electron chi connectivity index (χ2n) is 2.88. The smallest absolute Gasteiger partial charge is 0.257 e. The molecule has 2 heterocycles. The largest absolute Gasteiger partial charge is 0.336 e. The van der Waals surface area contributed by atoms with Gasteiger partial charge in [0, 0.05) is 13.2 Å². The molecule has 1 amide bonds. The lowest BCUT2D eigenvalue weighted by atomic mass is 10.3. The summed E-state index contributed by atoms with van der Waals surface area (Å²) in [6, 6.07) is 0. The zero-order valence-corrected chi connectivity index (χ0v) is 8.26. The SMILES string of the molecule is CSc1ncc2c(n1)CN(C)C2=O. The lowest BCUT2D eigenvalue weighted by Gasteiger charge is -2.03. The highest BCUT2D eigenvalue weighted by Gasteiger charge is 2.26. The molecule has 13 heavy (non-hydrogen) atoms. The molecule has 0 radical (unpaired) electrons. The van der Waals surface area contributed by atoms with E-state index in [0.29, 0.717) is 12.1 Å². The molecule has 1 aliphatic heterocycles. The first-order chi connectivity index (χ1) is 6.22. The molecule has 0 saturated carbocycles. The molecule has 1 aromatic rings. The Bertz CT molecular complexity index is 366. The average molecular weight is 195 g/mol. The van der Waals surface area contributed by atoms with E-state index >= 15 is 0 Å². The van der Waals surface area contributed by atoms with Crippen LogP contribution in [0.4, 0.5) is 0 Å². The van der Waals surface area contributed by atoms with Gasteiger partial charge in [0.1, 0.15) is 0 Å². The van der Waals surface area contributed by atoms with Crippen LogP contribution < -0.4 is 0 Å². The predicted octanol–water partition coefficient (Wildman–Crippen LogP) is 0.784. The number of carbonyl (C=O) groups excluding carboxylic acids is 1. The van der Waals surface area contributed by atoms with Crippen LogP contribution in [0.1, 0.15) is 16.1 Å². The Labute approximate surface area is 80.4 Å². The van der Waals surface area contributed by atoms with Gasteiger partial charge in [-0.3, -0.25) is 4.79 Å². The quantitative estimate of drug-likeness (QED) is 0.491. The highest BCUT2D eigenvalue weighted by atomic mass is 32.2. The number of hydrogen-bond acceptors (Lipinski definition) is 4. The van der Waals surface area contributed by atoms with Gasteiger partial charge < -0.3 is 4.90 Å². The molecule has 0 saturated heterocycles. The topological polar surface area (TPSA) is 46.1 Å². The summed E-state index contributed by atoms with van der Waals surface area (Å²) in [7, 11) is 1.77. The monoisotopic (exact) mass is 195 g/mol. The molecule has 68 valence electrons. The van der Waals surface area contributed by atoms with E-state index in [-0.39, 0.29) is 5.91 Å². The van der Waals surface area contributed by atoms with Crippen LogP contribution in [-0.4, -0.2) is 34.1 Å². The van der Waals surface area contributed by atoms with Crippen LogP contribution in [0.15, 0.2) is 11.4 Å².